The molecule has 3 rings (SSSR count). The van der Waals surface area contributed by atoms with Gasteiger partial charge in [-0.15, -0.1) is 0 Å². The molecule has 0 radical (unpaired) electrons. The molecule has 7 heteroatoms. The first-order valence-corrected chi connectivity index (χ1v) is 9.37. The zero-order chi connectivity index (χ0) is 19.6. The lowest BCUT2D eigenvalue weighted by atomic mass is 10.0. The summed E-state index contributed by atoms with van der Waals surface area (Å²) in [5.41, 5.74) is 1.46. The zero-order valence-corrected chi connectivity index (χ0v) is 16.2. The normalized spacial score (nSPS) is 17.9. The number of nitrogens with one attached hydrogen (secondary N) is 1. The molecule has 0 aromatic heterocycles. The molecule has 2 atom stereocenters. The molecular weight excluding hydrogens is 390 g/mol. The summed E-state index contributed by atoms with van der Waals surface area (Å²) in [7, 11) is 0. The number of hydrogen-bond acceptors (Lipinski definition) is 2. The van der Waals surface area contributed by atoms with Crippen molar-refractivity contribution in [2.24, 2.45) is 5.92 Å². The van der Waals surface area contributed by atoms with Gasteiger partial charge in [0.25, 0.3) is 0 Å². The second-order valence-electron chi connectivity index (χ2n) is 6.68. The molecule has 2 unspecified atom stereocenters. The number of rotatable bonds is 5. The number of amides is 2. The molecule has 4 nitrogen and oxygen atoms in total. The molecule has 2 aromatic carbocycles. The first kappa shape index (κ1) is 19.6. The highest BCUT2D eigenvalue weighted by molar-refractivity contribution is 6.35. The fraction of sp³-hybridized carbons (Fsp3) is 0.300. The van der Waals surface area contributed by atoms with Crippen molar-refractivity contribution in [3.63, 3.8) is 0 Å². The Bertz CT molecular complexity index is 861. The van der Waals surface area contributed by atoms with Crippen LogP contribution in [0.5, 0.6) is 0 Å². The molecular formula is C20H19Cl2FN2O2. The van der Waals surface area contributed by atoms with Gasteiger partial charge < -0.3 is 10.2 Å². The summed E-state index contributed by atoms with van der Waals surface area (Å²) in [5, 5.41) is 3.03. The third-order valence-electron chi connectivity index (χ3n) is 4.67. The average molecular weight is 409 g/mol. The fourth-order valence-electron chi connectivity index (χ4n) is 3.18. The first-order chi connectivity index (χ1) is 12.8. The average Bonchev–Trinajstić information content (AvgIpc) is 2.99. The Hall–Kier alpha value is -2.11. The van der Waals surface area contributed by atoms with Gasteiger partial charge in [-0.3, -0.25) is 9.59 Å². The quantitative estimate of drug-likeness (QED) is 0.747. The number of benzene rings is 2. The molecule has 0 aliphatic carbocycles. The van der Waals surface area contributed by atoms with E-state index in [4.69, 9.17) is 23.2 Å². The Morgan fingerprint density at radius 3 is 2.67 bits per heavy atom. The summed E-state index contributed by atoms with van der Waals surface area (Å²) < 4.78 is 13.7. The Morgan fingerprint density at radius 1 is 1.26 bits per heavy atom. The van der Waals surface area contributed by atoms with Gasteiger partial charge in [-0.1, -0.05) is 53.5 Å². The number of carbonyl (C=O) groups is 2. The van der Waals surface area contributed by atoms with E-state index < -0.39 is 17.8 Å². The van der Waals surface area contributed by atoms with Crippen molar-refractivity contribution in [3.8, 4) is 0 Å². The number of nitrogens with zero attached hydrogens (tertiary/aromatic N) is 1. The minimum atomic E-state index is -0.595. The summed E-state index contributed by atoms with van der Waals surface area (Å²) in [6, 6.07) is 11.7. The minimum absolute atomic E-state index is 0.0535. The van der Waals surface area contributed by atoms with Crippen LogP contribution in [0, 0.1) is 11.7 Å². The summed E-state index contributed by atoms with van der Waals surface area (Å²) in [6.45, 7) is 2.55. The summed E-state index contributed by atoms with van der Waals surface area (Å²) in [4.78, 5) is 26.5. The number of halogens is 3. The van der Waals surface area contributed by atoms with Gasteiger partial charge in [-0.05, 0) is 30.2 Å². The predicted octanol–water partition coefficient (Wildman–Crippen LogP) is 4.36. The maximum atomic E-state index is 13.7. The smallest absolute Gasteiger partial charge is 0.225 e. The molecule has 1 fully saturated rings. The number of likely N-dealkylation sites (tertiary alicyclic amines) is 1. The van der Waals surface area contributed by atoms with Crippen molar-refractivity contribution in [3.05, 3.63) is 69.5 Å². The highest BCUT2D eigenvalue weighted by Crippen LogP contribution is 2.29. The monoisotopic (exact) mass is 408 g/mol. The van der Waals surface area contributed by atoms with Crippen LogP contribution in [-0.4, -0.2) is 23.3 Å². The molecule has 1 aliphatic heterocycles. The lowest BCUT2D eigenvalue weighted by molar-refractivity contribution is -0.129. The largest absolute Gasteiger partial charge is 0.349 e. The van der Waals surface area contributed by atoms with Crippen LogP contribution in [-0.2, 0) is 16.1 Å². The van der Waals surface area contributed by atoms with Gasteiger partial charge in [0.15, 0.2) is 0 Å². The number of hydrogen-bond donors (Lipinski definition) is 1. The van der Waals surface area contributed by atoms with Crippen LogP contribution >= 0.6 is 23.2 Å². The molecule has 1 saturated heterocycles. The van der Waals surface area contributed by atoms with Crippen molar-refractivity contribution in [2.75, 3.05) is 6.54 Å². The Kier molecular flexibility index (Phi) is 6.02. The SMILES string of the molecule is CC(NC(=O)C1CC(=O)N(Cc2ccccc2)C1)c1cc(F)c(Cl)cc1Cl. The highest BCUT2D eigenvalue weighted by atomic mass is 35.5. The lowest BCUT2D eigenvalue weighted by Gasteiger charge is -2.19. The summed E-state index contributed by atoms with van der Waals surface area (Å²) in [6.07, 6.45) is 0.161. The van der Waals surface area contributed by atoms with E-state index in [-0.39, 0.29) is 28.3 Å². The van der Waals surface area contributed by atoms with E-state index in [2.05, 4.69) is 5.32 Å². The van der Waals surface area contributed by atoms with Gasteiger partial charge in [0.1, 0.15) is 5.82 Å². The zero-order valence-electron chi connectivity index (χ0n) is 14.7. The van der Waals surface area contributed by atoms with Gasteiger partial charge in [0.05, 0.1) is 17.0 Å². The maximum Gasteiger partial charge on any atom is 0.225 e. The highest BCUT2D eigenvalue weighted by Gasteiger charge is 2.34. The molecule has 1 heterocycles. The van der Waals surface area contributed by atoms with E-state index in [0.29, 0.717) is 18.7 Å². The second kappa shape index (κ2) is 8.28. The van der Waals surface area contributed by atoms with Crippen molar-refractivity contribution >= 4 is 35.0 Å². The van der Waals surface area contributed by atoms with Gasteiger partial charge in [0, 0.05) is 24.5 Å². The lowest BCUT2D eigenvalue weighted by Crippen LogP contribution is -2.34. The van der Waals surface area contributed by atoms with Crippen molar-refractivity contribution in [1.29, 1.82) is 0 Å². The molecule has 2 amide bonds. The molecule has 0 spiro atoms. The van der Waals surface area contributed by atoms with Crippen LogP contribution in [0.3, 0.4) is 0 Å². The van der Waals surface area contributed by atoms with E-state index in [1.807, 2.05) is 30.3 Å². The van der Waals surface area contributed by atoms with Gasteiger partial charge in [-0.2, -0.15) is 0 Å². The second-order valence-corrected chi connectivity index (χ2v) is 7.49. The van der Waals surface area contributed by atoms with E-state index in [1.54, 1.807) is 11.8 Å². The third kappa shape index (κ3) is 4.60. The van der Waals surface area contributed by atoms with Crippen LogP contribution in [0.15, 0.2) is 42.5 Å². The Labute approximate surface area is 167 Å². The van der Waals surface area contributed by atoms with Crippen molar-refractivity contribution in [2.45, 2.75) is 25.9 Å². The van der Waals surface area contributed by atoms with E-state index in [1.165, 1.54) is 12.1 Å². The van der Waals surface area contributed by atoms with Gasteiger partial charge in [-0.25, -0.2) is 4.39 Å². The summed E-state index contributed by atoms with van der Waals surface area (Å²) in [5.74, 6) is -1.35. The summed E-state index contributed by atoms with van der Waals surface area (Å²) >= 11 is 11.8. The van der Waals surface area contributed by atoms with Crippen LogP contribution in [0.1, 0.15) is 30.5 Å². The van der Waals surface area contributed by atoms with Gasteiger partial charge in [0.2, 0.25) is 11.8 Å². The third-order valence-corrected chi connectivity index (χ3v) is 5.28. The molecule has 2 aromatic rings. The van der Waals surface area contributed by atoms with Crippen LogP contribution in [0.4, 0.5) is 4.39 Å². The maximum absolute atomic E-state index is 13.7. The van der Waals surface area contributed by atoms with Crippen LogP contribution in [0.2, 0.25) is 10.0 Å². The first-order valence-electron chi connectivity index (χ1n) is 8.61. The molecule has 1 aliphatic rings. The van der Waals surface area contributed by atoms with E-state index in [0.717, 1.165) is 5.56 Å². The Balaban J connectivity index is 1.63. The molecule has 142 valence electrons. The fourth-order valence-corrected chi connectivity index (χ4v) is 3.73. The Morgan fingerprint density at radius 2 is 1.96 bits per heavy atom. The predicted molar refractivity (Wildman–Crippen MR) is 103 cm³/mol. The standard InChI is InChI=1S/C20H19Cl2FN2O2/c1-12(15-8-18(23)17(22)9-16(15)21)24-20(27)14-7-19(26)25(11-14)10-13-5-3-2-4-6-13/h2-6,8-9,12,14H,7,10-11H2,1H3,(H,24,27). The van der Waals surface area contributed by atoms with E-state index in [9.17, 15) is 14.0 Å². The van der Waals surface area contributed by atoms with E-state index >= 15 is 0 Å². The minimum Gasteiger partial charge on any atom is -0.349 e. The van der Waals surface area contributed by atoms with Crippen LogP contribution in [0.25, 0.3) is 0 Å². The van der Waals surface area contributed by atoms with Crippen molar-refractivity contribution < 1.29 is 14.0 Å². The molecule has 1 N–H and O–H groups in total. The van der Waals surface area contributed by atoms with Crippen molar-refractivity contribution in [1.82, 2.24) is 10.2 Å². The number of carbonyl (C=O) groups excluding carboxylic acids is 2. The molecule has 27 heavy (non-hydrogen) atoms. The molecule has 0 bridgehead atoms. The molecule has 0 saturated carbocycles. The topological polar surface area (TPSA) is 49.4 Å². The van der Waals surface area contributed by atoms with Crippen LogP contribution < -0.4 is 5.32 Å². The van der Waals surface area contributed by atoms with Gasteiger partial charge >= 0.3 is 0 Å².